The minimum atomic E-state index is -3.02. The first-order chi connectivity index (χ1) is 8.50. The Morgan fingerprint density at radius 3 is 2.61 bits per heavy atom. The second-order valence-corrected chi connectivity index (χ2v) is 6.83. The molecule has 0 N–H and O–H groups in total. The van der Waals surface area contributed by atoms with E-state index in [4.69, 9.17) is 27.9 Å². The van der Waals surface area contributed by atoms with Gasteiger partial charge in [0.05, 0.1) is 17.4 Å². The molecule has 0 atom stereocenters. The van der Waals surface area contributed by atoms with Crippen molar-refractivity contribution in [3.63, 3.8) is 0 Å². The fourth-order valence-corrected chi connectivity index (χ4v) is 3.24. The van der Waals surface area contributed by atoms with Gasteiger partial charge in [-0.15, -0.1) is 11.6 Å². The van der Waals surface area contributed by atoms with Gasteiger partial charge in [-0.25, -0.2) is 8.42 Å². The Balaban J connectivity index is 2.62. The monoisotopic (exact) mass is 310 g/mol. The van der Waals surface area contributed by atoms with Gasteiger partial charge in [-0.1, -0.05) is 24.6 Å². The average Bonchev–Trinajstić information content (AvgIpc) is 2.29. The molecule has 0 saturated heterocycles. The zero-order valence-corrected chi connectivity index (χ0v) is 12.5. The third-order valence-corrected chi connectivity index (χ3v) is 4.82. The Morgan fingerprint density at radius 1 is 1.28 bits per heavy atom. The Morgan fingerprint density at radius 2 is 2.00 bits per heavy atom. The van der Waals surface area contributed by atoms with E-state index < -0.39 is 9.84 Å². The highest BCUT2D eigenvalue weighted by Gasteiger charge is 2.11. The molecule has 102 valence electrons. The quantitative estimate of drug-likeness (QED) is 0.726. The second-order valence-electron chi connectivity index (χ2n) is 3.85. The summed E-state index contributed by atoms with van der Waals surface area (Å²) in [4.78, 5) is 0. The normalized spacial score (nSPS) is 11.5. The van der Waals surface area contributed by atoms with Crippen molar-refractivity contribution in [2.75, 3.05) is 18.1 Å². The number of alkyl halides is 1. The van der Waals surface area contributed by atoms with Gasteiger partial charge in [0.1, 0.15) is 12.4 Å². The number of ether oxygens (including phenoxy) is 1. The number of hydrogen-bond donors (Lipinski definition) is 0. The van der Waals surface area contributed by atoms with Gasteiger partial charge in [0.15, 0.2) is 9.84 Å². The maximum atomic E-state index is 11.5. The first-order valence-corrected chi connectivity index (χ1v) is 8.40. The molecule has 18 heavy (non-hydrogen) atoms. The van der Waals surface area contributed by atoms with E-state index in [-0.39, 0.29) is 24.0 Å². The summed E-state index contributed by atoms with van der Waals surface area (Å²) in [6, 6.07) is 5.20. The molecule has 0 saturated carbocycles. The summed E-state index contributed by atoms with van der Waals surface area (Å²) in [5.74, 6) is 0.976. The Kier molecular flexibility index (Phi) is 6.26. The lowest BCUT2D eigenvalue weighted by atomic mass is 10.2. The lowest BCUT2D eigenvalue weighted by molar-refractivity contribution is 0.338. The van der Waals surface area contributed by atoms with Crippen LogP contribution in [0.25, 0.3) is 0 Å². The second kappa shape index (κ2) is 7.22. The van der Waals surface area contributed by atoms with Crippen molar-refractivity contribution in [1.29, 1.82) is 0 Å². The molecule has 3 nitrogen and oxygen atoms in total. The Labute approximate surface area is 118 Å². The van der Waals surface area contributed by atoms with Gasteiger partial charge in [-0.2, -0.15) is 0 Å². The molecule has 0 aliphatic heterocycles. The first kappa shape index (κ1) is 15.6. The molecule has 1 rings (SSSR count). The van der Waals surface area contributed by atoms with E-state index >= 15 is 0 Å². The van der Waals surface area contributed by atoms with E-state index in [2.05, 4.69) is 0 Å². The summed E-state index contributed by atoms with van der Waals surface area (Å²) in [5.41, 5.74) is 0.689. The van der Waals surface area contributed by atoms with Crippen molar-refractivity contribution in [3.05, 3.63) is 28.8 Å². The van der Waals surface area contributed by atoms with E-state index in [1.807, 2.05) is 6.92 Å². The molecule has 0 bridgehead atoms. The summed E-state index contributed by atoms with van der Waals surface area (Å²) >= 11 is 11.7. The summed E-state index contributed by atoms with van der Waals surface area (Å²) in [6.07, 6.45) is 0.617. The fraction of sp³-hybridized carbons (Fsp3) is 0.500. The SMILES string of the molecule is CCCS(=O)(=O)CCOc1cccc(Cl)c1CCl. The molecule has 0 aromatic heterocycles. The number of hydrogen-bond acceptors (Lipinski definition) is 3. The maximum Gasteiger partial charge on any atom is 0.153 e. The molecule has 0 amide bonds. The van der Waals surface area contributed by atoms with Crippen molar-refractivity contribution in [2.45, 2.75) is 19.2 Å². The Hall–Kier alpha value is -0.450. The number of sulfone groups is 1. The van der Waals surface area contributed by atoms with Crippen molar-refractivity contribution >= 4 is 33.0 Å². The highest BCUT2D eigenvalue weighted by atomic mass is 35.5. The number of rotatable bonds is 7. The maximum absolute atomic E-state index is 11.5. The van der Waals surface area contributed by atoms with Crippen LogP contribution in [0.4, 0.5) is 0 Å². The molecule has 0 aliphatic carbocycles. The molecule has 0 aliphatic rings. The highest BCUT2D eigenvalue weighted by Crippen LogP contribution is 2.27. The molecular formula is C12H16Cl2O3S. The third kappa shape index (κ3) is 4.67. The number of benzene rings is 1. The van der Waals surface area contributed by atoms with Crippen LogP contribution < -0.4 is 4.74 Å². The lowest BCUT2D eigenvalue weighted by Gasteiger charge is -2.11. The fourth-order valence-electron chi connectivity index (χ4n) is 1.50. The standard InChI is InChI=1S/C12H16Cl2O3S/c1-2-7-18(15,16)8-6-17-12-5-3-4-11(14)10(12)9-13/h3-5H,2,6-9H2,1H3. The lowest BCUT2D eigenvalue weighted by Crippen LogP contribution is -2.17. The van der Waals surface area contributed by atoms with Gasteiger partial charge in [0.25, 0.3) is 0 Å². The Bertz CT molecular complexity index is 486. The van der Waals surface area contributed by atoms with Crippen LogP contribution in [-0.2, 0) is 15.7 Å². The third-order valence-electron chi connectivity index (χ3n) is 2.38. The average molecular weight is 311 g/mol. The minimum absolute atomic E-state index is 0.00901. The molecule has 0 unspecified atom stereocenters. The predicted octanol–water partition coefficient (Wildman–Crippen LogP) is 3.28. The molecule has 1 aromatic rings. The van der Waals surface area contributed by atoms with Crippen molar-refractivity contribution in [2.24, 2.45) is 0 Å². The molecule has 0 fully saturated rings. The van der Waals surface area contributed by atoms with Gasteiger partial charge in [-0.05, 0) is 18.6 Å². The largest absolute Gasteiger partial charge is 0.492 e. The molecule has 0 radical (unpaired) electrons. The molecule has 6 heteroatoms. The van der Waals surface area contributed by atoms with Crippen molar-refractivity contribution < 1.29 is 13.2 Å². The van der Waals surface area contributed by atoms with Crippen LogP contribution in [0.3, 0.4) is 0 Å². The minimum Gasteiger partial charge on any atom is -0.492 e. The van der Waals surface area contributed by atoms with E-state index in [9.17, 15) is 8.42 Å². The first-order valence-electron chi connectivity index (χ1n) is 5.66. The molecular weight excluding hydrogens is 295 g/mol. The van der Waals surface area contributed by atoms with Crippen LogP contribution in [0.2, 0.25) is 5.02 Å². The van der Waals surface area contributed by atoms with Gasteiger partial charge in [-0.3, -0.25) is 0 Å². The summed E-state index contributed by atoms with van der Waals surface area (Å²) < 4.78 is 28.5. The zero-order valence-electron chi connectivity index (χ0n) is 10.2. The van der Waals surface area contributed by atoms with Crippen molar-refractivity contribution in [3.8, 4) is 5.75 Å². The topological polar surface area (TPSA) is 43.4 Å². The molecule has 1 aromatic carbocycles. The predicted molar refractivity (Wildman–Crippen MR) is 75.4 cm³/mol. The molecule has 0 heterocycles. The van der Waals surface area contributed by atoms with E-state index in [1.165, 1.54) is 0 Å². The number of halogens is 2. The van der Waals surface area contributed by atoms with Crippen LogP contribution in [0.15, 0.2) is 18.2 Å². The van der Waals surface area contributed by atoms with E-state index in [0.29, 0.717) is 22.8 Å². The van der Waals surface area contributed by atoms with Gasteiger partial charge >= 0.3 is 0 Å². The van der Waals surface area contributed by atoms with Crippen LogP contribution in [-0.4, -0.2) is 26.5 Å². The summed E-state index contributed by atoms with van der Waals surface area (Å²) in [5, 5.41) is 0.527. The molecule has 0 spiro atoms. The van der Waals surface area contributed by atoms with E-state index in [1.54, 1.807) is 18.2 Å². The van der Waals surface area contributed by atoms with Crippen molar-refractivity contribution in [1.82, 2.24) is 0 Å². The van der Waals surface area contributed by atoms with Crippen LogP contribution in [0, 0.1) is 0 Å². The van der Waals surface area contributed by atoms with Crippen LogP contribution in [0.1, 0.15) is 18.9 Å². The van der Waals surface area contributed by atoms with Crippen LogP contribution in [0.5, 0.6) is 5.75 Å². The summed E-state index contributed by atoms with van der Waals surface area (Å²) in [7, 11) is -3.02. The van der Waals surface area contributed by atoms with Gasteiger partial charge in [0.2, 0.25) is 0 Å². The summed E-state index contributed by atoms with van der Waals surface area (Å²) in [6.45, 7) is 1.95. The highest BCUT2D eigenvalue weighted by molar-refractivity contribution is 7.91. The zero-order chi connectivity index (χ0) is 13.6. The smallest absolute Gasteiger partial charge is 0.153 e. The van der Waals surface area contributed by atoms with Crippen LogP contribution >= 0.6 is 23.2 Å². The van der Waals surface area contributed by atoms with Gasteiger partial charge in [0, 0.05) is 10.6 Å². The van der Waals surface area contributed by atoms with Gasteiger partial charge < -0.3 is 4.74 Å². The van der Waals surface area contributed by atoms with E-state index in [0.717, 1.165) is 0 Å².